The van der Waals surface area contributed by atoms with Crippen molar-refractivity contribution in [2.24, 2.45) is 0 Å². The van der Waals surface area contributed by atoms with Crippen molar-refractivity contribution in [2.45, 2.75) is 5.88 Å². The molecule has 1 aromatic carbocycles. The molecule has 0 spiro atoms. The van der Waals surface area contributed by atoms with E-state index in [1.54, 1.807) is 6.20 Å². The van der Waals surface area contributed by atoms with Crippen molar-refractivity contribution >= 4 is 50.0 Å². The molecule has 0 amide bonds. The monoisotopic (exact) mass is 289 g/mol. The summed E-state index contributed by atoms with van der Waals surface area (Å²) in [6.45, 7) is 0. The highest BCUT2D eigenvalue weighted by molar-refractivity contribution is 9.10. The molecule has 2 aromatic rings. The van der Waals surface area contributed by atoms with E-state index in [1.165, 1.54) is 0 Å². The highest BCUT2D eigenvalue weighted by Gasteiger charge is 2.05. The Hall–Kier alpha value is -0.310. The van der Waals surface area contributed by atoms with Gasteiger partial charge < -0.3 is 0 Å². The molecule has 0 atom stereocenters. The van der Waals surface area contributed by atoms with Crippen molar-refractivity contribution in [3.8, 4) is 0 Å². The zero-order chi connectivity index (χ0) is 10.1. The summed E-state index contributed by atoms with van der Waals surface area (Å²) in [4.78, 5) is 4.26. The molecule has 0 saturated carbocycles. The van der Waals surface area contributed by atoms with Gasteiger partial charge in [-0.15, -0.1) is 11.6 Å². The number of hydrogen-bond acceptors (Lipinski definition) is 1. The summed E-state index contributed by atoms with van der Waals surface area (Å²) in [6.07, 6.45) is 1.71. The number of nitrogens with zero attached hydrogens (tertiary/aromatic N) is 1. The van der Waals surface area contributed by atoms with Crippen LogP contribution in [0.1, 0.15) is 5.56 Å². The molecule has 4 heteroatoms. The van der Waals surface area contributed by atoms with E-state index in [0.29, 0.717) is 10.9 Å². The Morgan fingerprint density at radius 3 is 2.86 bits per heavy atom. The predicted molar refractivity (Wildman–Crippen MR) is 64.0 cm³/mol. The van der Waals surface area contributed by atoms with E-state index < -0.39 is 0 Å². The molecule has 0 saturated heterocycles. The molecule has 0 fully saturated rings. The van der Waals surface area contributed by atoms with Gasteiger partial charge in [-0.2, -0.15) is 0 Å². The van der Waals surface area contributed by atoms with Gasteiger partial charge in [-0.05, 0) is 18.2 Å². The lowest BCUT2D eigenvalue weighted by Gasteiger charge is -2.04. The van der Waals surface area contributed by atoms with Gasteiger partial charge in [0.1, 0.15) is 0 Å². The molecule has 0 N–H and O–H groups in total. The molecule has 0 aliphatic heterocycles. The Morgan fingerprint density at radius 2 is 2.14 bits per heavy atom. The predicted octanol–water partition coefficient (Wildman–Crippen LogP) is 4.39. The first-order chi connectivity index (χ1) is 6.72. The quantitative estimate of drug-likeness (QED) is 0.710. The van der Waals surface area contributed by atoms with E-state index in [0.717, 1.165) is 20.9 Å². The van der Waals surface area contributed by atoms with Crippen LogP contribution in [0.15, 0.2) is 28.9 Å². The van der Waals surface area contributed by atoms with Gasteiger partial charge in [-0.1, -0.05) is 27.5 Å². The van der Waals surface area contributed by atoms with Crippen LogP contribution in [-0.2, 0) is 5.88 Å². The Morgan fingerprint density at radius 1 is 1.36 bits per heavy atom. The smallest absolute Gasteiger partial charge is 0.0717 e. The zero-order valence-corrected chi connectivity index (χ0v) is 10.2. The first-order valence-electron chi connectivity index (χ1n) is 4.01. The van der Waals surface area contributed by atoms with Crippen LogP contribution in [-0.4, -0.2) is 4.98 Å². The third kappa shape index (κ3) is 1.74. The standard InChI is InChI=1S/C10H6BrCl2N/c11-7-1-2-9-8(3-7)10(13)6(4-12)5-14-9/h1-3,5H,4H2. The molecule has 0 aliphatic rings. The van der Waals surface area contributed by atoms with Gasteiger partial charge >= 0.3 is 0 Å². The van der Waals surface area contributed by atoms with Crippen molar-refractivity contribution in [1.82, 2.24) is 4.98 Å². The van der Waals surface area contributed by atoms with Crippen molar-refractivity contribution < 1.29 is 0 Å². The summed E-state index contributed by atoms with van der Waals surface area (Å²) in [6, 6.07) is 5.80. The molecule has 0 aliphatic carbocycles. The fourth-order valence-corrected chi connectivity index (χ4v) is 2.17. The van der Waals surface area contributed by atoms with E-state index in [4.69, 9.17) is 23.2 Å². The highest BCUT2D eigenvalue weighted by Crippen LogP contribution is 2.28. The molecular formula is C10H6BrCl2N. The average Bonchev–Trinajstić information content (AvgIpc) is 2.20. The molecule has 1 nitrogen and oxygen atoms in total. The number of benzene rings is 1. The normalized spacial score (nSPS) is 10.8. The maximum absolute atomic E-state index is 6.17. The maximum Gasteiger partial charge on any atom is 0.0717 e. The van der Waals surface area contributed by atoms with Crippen molar-refractivity contribution in [3.05, 3.63) is 39.5 Å². The van der Waals surface area contributed by atoms with Crippen molar-refractivity contribution in [3.63, 3.8) is 0 Å². The number of aromatic nitrogens is 1. The van der Waals surface area contributed by atoms with Crippen LogP contribution in [0, 0.1) is 0 Å². The van der Waals surface area contributed by atoms with Gasteiger partial charge in [0.15, 0.2) is 0 Å². The minimum Gasteiger partial charge on any atom is -0.256 e. The summed E-state index contributed by atoms with van der Waals surface area (Å²) in [5, 5.41) is 1.62. The van der Waals surface area contributed by atoms with E-state index in [2.05, 4.69) is 20.9 Å². The molecule has 0 radical (unpaired) electrons. The van der Waals surface area contributed by atoms with Gasteiger partial charge in [0, 0.05) is 21.6 Å². The SMILES string of the molecule is ClCc1cnc2ccc(Br)cc2c1Cl. The minimum absolute atomic E-state index is 0.383. The topological polar surface area (TPSA) is 12.9 Å². The van der Waals surface area contributed by atoms with Crippen LogP contribution >= 0.6 is 39.1 Å². The lowest BCUT2D eigenvalue weighted by Crippen LogP contribution is -1.86. The molecule has 1 aromatic heterocycles. The lowest BCUT2D eigenvalue weighted by atomic mass is 10.2. The highest BCUT2D eigenvalue weighted by atomic mass is 79.9. The Kier molecular flexibility index (Phi) is 2.96. The van der Waals surface area contributed by atoms with Crippen LogP contribution in [0.25, 0.3) is 10.9 Å². The fourth-order valence-electron chi connectivity index (χ4n) is 1.27. The zero-order valence-electron chi connectivity index (χ0n) is 7.10. The average molecular weight is 291 g/mol. The summed E-state index contributed by atoms with van der Waals surface area (Å²) in [7, 11) is 0. The number of alkyl halides is 1. The number of halogens is 3. The van der Waals surface area contributed by atoms with Crippen LogP contribution in [0.3, 0.4) is 0 Å². The van der Waals surface area contributed by atoms with Crippen LogP contribution < -0.4 is 0 Å². The molecule has 0 bridgehead atoms. The van der Waals surface area contributed by atoms with Crippen molar-refractivity contribution in [2.75, 3.05) is 0 Å². The third-order valence-electron chi connectivity index (χ3n) is 1.98. The summed E-state index contributed by atoms with van der Waals surface area (Å²) in [5.41, 5.74) is 1.74. The Labute approximate surface area is 100 Å². The minimum atomic E-state index is 0.383. The molecule has 0 unspecified atom stereocenters. The number of rotatable bonds is 1. The summed E-state index contributed by atoms with van der Waals surface area (Å²) < 4.78 is 0.987. The van der Waals surface area contributed by atoms with E-state index in [1.807, 2.05) is 18.2 Å². The van der Waals surface area contributed by atoms with E-state index in [9.17, 15) is 0 Å². The first kappa shape index (κ1) is 10.2. The van der Waals surface area contributed by atoms with Crippen molar-refractivity contribution in [1.29, 1.82) is 0 Å². The molecule has 1 heterocycles. The molecule has 72 valence electrons. The first-order valence-corrected chi connectivity index (χ1v) is 5.71. The fraction of sp³-hybridized carbons (Fsp3) is 0.100. The van der Waals surface area contributed by atoms with Gasteiger partial charge in [0.2, 0.25) is 0 Å². The lowest BCUT2D eigenvalue weighted by molar-refractivity contribution is 1.30. The van der Waals surface area contributed by atoms with Gasteiger partial charge in [-0.25, -0.2) is 0 Å². The molecular weight excluding hydrogens is 285 g/mol. The summed E-state index contributed by atoms with van der Waals surface area (Å²) in [5.74, 6) is 0.383. The maximum atomic E-state index is 6.17. The number of hydrogen-bond donors (Lipinski definition) is 0. The van der Waals surface area contributed by atoms with Gasteiger partial charge in [-0.3, -0.25) is 4.98 Å². The van der Waals surface area contributed by atoms with Gasteiger partial charge in [0.25, 0.3) is 0 Å². The second-order valence-electron chi connectivity index (χ2n) is 2.89. The molecule has 2 rings (SSSR count). The Balaban J connectivity index is 2.79. The Bertz CT molecular complexity index is 485. The number of pyridine rings is 1. The second-order valence-corrected chi connectivity index (χ2v) is 4.45. The van der Waals surface area contributed by atoms with Crippen LogP contribution in [0.5, 0.6) is 0 Å². The summed E-state index contributed by atoms with van der Waals surface area (Å²) >= 11 is 15.3. The van der Waals surface area contributed by atoms with E-state index in [-0.39, 0.29) is 0 Å². The van der Waals surface area contributed by atoms with Crippen LogP contribution in [0.2, 0.25) is 5.02 Å². The van der Waals surface area contributed by atoms with Crippen LogP contribution in [0.4, 0.5) is 0 Å². The second kappa shape index (κ2) is 4.05. The molecule has 14 heavy (non-hydrogen) atoms. The largest absolute Gasteiger partial charge is 0.256 e. The number of fused-ring (bicyclic) bond motifs is 1. The van der Waals surface area contributed by atoms with Gasteiger partial charge in [0.05, 0.1) is 16.4 Å². The van der Waals surface area contributed by atoms with E-state index >= 15 is 0 Å². The third-order valence-corrected chi connectivity index (χ3v) is 3.21.